The zero-order valence-corrected chi connectivity index (χ0v) is 11.9. The van der Waals surface area contributed by atoms with E-state index in [9.17, 15) is 0 Å². The van der Waals surface area contributed by atoms with Gasteiger partial charge in [-0.3, -0.25) is 4.68 Å². The number of rotatable bonds is 2. The van der Waals surface area contributed by atoms with Crippen molar-refractivity contribution in [2.45, 2.75) is 12.8 Å². The Morgan fingerprint density at radius 3 is 3.00 bits per heavy atom. The van der Waals surface area contributed by atoms with E-state index in [4.69, 9.17) is 0 Å². The summed E-state index contributed by atoms with van der Waals surface area (Å²) >= 11 is 0. The molecule has 3 heterocycles. The monoisotopic (exact) mass is 276 g/mol. The lowest BCUT2D eigenvalue weighted by molar-refractivity contribution is 0.776. The van der Waals surface area contributed by atoms with Crippen LogP contribution in [-0.2, 0) is 7.05 Å². The van der Waals surface area contributed by atoms with E-state index in [1.165, 1.54) is 11.1 Å². The Balaban J connectivity index is 1.89. The third-order valence-electron chi connectivity index (χ3n) is 3.96. The van der Waals surface area contributed by atoms with E-state index in [0.717, 1.165) is 35.1 Å². The van der Waals surface area contributed by atoms with E-state index in [-0.39, 0.29) is 0 Å². The van der Waals surface area contributed by atoms with Crippen molar-refractivity contribution >= 4 is 16.6 Å². The second kappa shape index (κ2) is 4.74. The number of nitrogens with zero attached hydrogens (tertiary/aromatic N) is 3. The molecule has 104 valence electrons. The van der Waals surface area contributed by atoms with E-state index in [1.807, 2.05) is 36.4 Å². The van der Waals surface area contributed by atoms with Crippen LogP contribution in [0.5, 0.6) is 0 Å². The Labute approximate surface area is 122 Å². The zero-order chi connectivity index (χ0) is 14.2. The van der Waals surface area contributed by atoms with Crippen LogP contribution in [0.3, 0.4) is 0 Å². The molecule has 4 rings (SSSR count). The van der Waals surface area contributed by atoms with Crippen molar-refractivity contribution in [3.63, 3.8) is 0 Å². The molecule has 0 saturated heterocycles. The van der Waals surface area contributed by atoms with Gasteiger partial charge in [-0.15, -0.1) is 0 Å². The van der Waals surface area contributed by atoms with E-state index >= 15 is 0 Å². The lowest BCUT2D eigenvalue weighted by Crippen LogP contribution is -1.93. The fourth-order valence-corrected chi connectivity index (χ4v) is 2.84. The number of pyridine rings is 1. The first-order chi connectivity index (χ1) is 10.3. The molecule has 0 atom stereocenters. The predicted octanol–water partition coefficient (Wildman–Crippen LogP) is 3.70. The van der Waals surface area contributed by atoms with Crippen LogP contribution in [0.4, 0.5) is 0 Å². The van der Waals surface area contributed by atoms with Gasteiger partial charge in [-0.1, -0.05) is 18.2 Å². The Kier molecular flexibility index (Phi) is 2.74. The fourth-order valence-electron chi connectivity index (χ4n) is 2.84. The first-order valence-corrected chi connectivity index (χ1v) is 7.15. The number of hydrogen-bond acceptors (Lipinski definition) is 2. The van der Waals surface area contributed by atoms with Crippen LogP contribution in [-0.4, -0.2) is 19.7 Å². The molecule has 0 saturated carbocycles. The summed E-state index contributed by atoms with van der Waals surface area (Å²) in [5, 5.41) is 5.39. The highest BCUT2D eigenvalue weighted by Gasteiger charge is 2.12. The topological polar surface area (TPSA) is 46.5 Å². The Morgan fingerprint density at radius 1 is 1.29 bits per heavy atom. The zero-order valence-electron chi connectivity index (χ0n) is 11.9. The number of allylic oxidation sites excluding steroid dienone is 4. The molecule has 3 aromatic rings. The van der Waals surface area contributed by atoms with Gasteiger partial charge in [0.25, 0.3) is 0 Å². The molecule has 1 aliphatic rings. The van der Waals surface area contributed by atoms with Gasteiger partial charge >= 0.3 is 0 Å². The molecule has 0 spiro atoms. The summed E-state index contributed by atoms with van der Waals surface area (Å²) < 4.78 is 1.88. The molecule has 0 bridgehead atoms. The van der Waals surface area contributed by atoms with Crippen LogP contribution in [0, 0.1) is 0 Å². The molecular formula is C17H16N4. The number of aromatic amines is 1. The molecule has 0 radical (unpaired) electrons. The van der Waals surface area contributed by atoms with Crippen molar-refractivity contribution in [1.82, 2.24) is 19.7 Å². The van der Waals surface area contributed by atoms with Crippen LogP contribution in [0.25, 0.3) is 27.9 Å². The molecular weight excluding hydrogens is 260 g/mol. The van der Waals surface area contributed by atoms with Crippen molar-refractivity contribution < 1.29 is 0 Å². The maximum absolute atomic E-state index is 4.56. The highest BCUT2D eigenvalue weighted by Crippen LogP contribution is 2.30. The van der Waals surface area contributed by atoms with E-state index in [2.05, 4.69) is 39.4 Å². The van der Waals surface area contributed by atoms with Crippen LogP contribution in [0.2, 0.25) is 0 Å². The van der Waals surface area contributed by atoms with Gasteiger partial charge in [0, 0.05) is 42.2 Å². The van der Waals surface area contributed by atoms with E-state index in [0.29, 0.717) is 0 Å². The highest BCUT2D eigenvalue weighted by molar-refractivity contribution is 5.95. The molecule has 0 aliphatic heterocycles. The molecule has 0 unspecified atom stereocenters. The largest absolute Gasteiger partial charge is 0.345 e. The predicted molar refractivity (Wildman–Crippen MR) is 84.6 cm³/mol. The van der Waals surface area contributed by atoms with Gasteiger partial charge in [0.15, 0.2) is 0 Å². The number of aromatic nitrogens is 4. The smallest absolute Gasteiger partial charge is 0.137 e. The van der Waals surface area contributed by atoms with Gasteiger partial charge in [0.2, 0.25) is 0 Å². The van der Waals surface area contributed by atoms with Crippen molar-refractivity contribution in [2.75, 3.05) is 0 Å². The van der Waals surface area contributed by atoms with Crippen LogP contribution in [0.1, 0.15) is 18.4 Å². The molecule has 21 heavy (non-hydrogen) atoms. The summed E-state index contributed by atoms with van der Waals surface area (Å²) in [4.78, 5) is 7.80. The standard InChI is InChI=1S/C17H16N4/c1-21-16(7-8-20-21)15-11-19-17-14(15)9-13(10-18-17)12-5-3-2-4-6-12/h3,5-11H,2,4H2,1H3,(H,18,19). The quantitative estimate of drug-likeness (QED) is 0.775. The summed E-state index contributed by atoms with van der Waals surface area (Å²) in [6.45, 7) is 0. The summed E-state index contributed by atoms with van der Waals surface area (Å²) in [5.74, 6) is 0. The van der Waals surface area contributed by atoms with Crippen molar-refractivity contribution in [2.24, 2.45) is 7.05 Å². The second-order valence-electron chi connectivity index (χ2n) is 5.30. The van der Waals surface area contributed by atoms with Gasteiger partial charge in [-0.05, 0) is 30.5 Å². The maximum Gasteiger partial charge on any atom is 0.137 e. The van der Waals surface area contributed by atoms with Gasteiger partial charge < -0.3 is 4.98 Å². The molecule has 3 aromatic heterocycles. The molecule has 1 aliphatic carbocycles. The van der Waals surface area contributed by atoms with E-state index in [1.54, 1.807) is 0 Å². The molecule has 4 heteroatoms. The Hall–Kier alpha value is -2.62. The summed E-state index contributed by atoms with van der Waals surface area (Å²) in [7, 11) is 1.96. The minimum absolute atomic E-state index is 0.912. The minimum atomic E-state index is 0.912. The maximum atomic E-state index is 4.56. The third kappa shape index (κ3) is 2.00. The first-order valence-electron chi connectivity index (χ1n) is 7.15. The SMILES string of the molecule is Cn1nccc1-c1c[nH]c2ncc(C3=CCCC=C3)cc12. The molecule has 0 fully saturated rings. The summed E-state index contributed by atoms with van der Waals surface area (Å²) in [5.41, 5.74) is 5.57. The van der Waals surface area contributed by atoms with Crippen molar-refractivity contribution in [3.05, 3.63) is 54.5 Å². The number of fused-ring (bicyclic) bond motifs is 1. The third-order valence-corrected chi connectivity index (χ3v) is 3.96. The van der Waals surface area contributed by atoms with Crippen LogP contribution in [0.15, 0.2) is 49.0 Å². The minimum Gasteiger partial charge on any atom is -0.345 e. The number of aryl methyl sites for hydroxylation is 1. The number of hydrogen-bond donors (Lipinski definition) is 1. The summed E-state index contributed by atoms with van der Waals surface area (Å²) in [6.07, 6.45) is 14.7. The molecule has 4 nitrogen and oxygen atoms in total. The van der Waals surface area contributed by atoms with E-state index < -0.39 is 0 Å². The van der Waals surface area contributed by atoms with Gasteiger partial charge in [-0.2, -0.15) is 5.10 Å². The van der Waals surface area contributed by atoms with Gasteiger partial charge in [-0.25, -0.2) is 4.98 Å². The highest BCUT2D eigenvalue weighted by atomic mass is 15.3. The first kappa shape index (κ1) is 12.1. The fraction of sp³-hybridized carbons (Fsp3) is 0.176. The summed E-state index contributed by atoms with van der Waals surface area (Å²) in [6, 6.07) is 4.23. The van der Waals surface area contributed by atoms with Crippen LogP contribution >= 0.6 is 0 Å². The number of H-pyrrole nitrogens is 1. The molecule has 0 amide bonds. The molecule has 1 N–H and O–H groups in total. The van der Waals surface area contributed by atoms with Crippen LogP contribution < -0.4 is 0 Å². The van der Waals surface area contributed by atoms with Gasteiger partial charge in [0.05, 0.1) is 5.69 Å². The lowest BCUT2D eigenvalue weighted by atomic mass is 9.99. The van der Waals surface area contributed by atoms with Crippen molar-refractivity contribution in [1.29, 1.82) is 0 Å². The number of nitrogens with one attached hydrogen (secondary N) is 1. The second-order valence-corrected chi connectivity index (χ2v) is 5.30. The van der Waals surface area contributed by atoms with Gasteiger partial charge in [0.1, 0.15) is 5.65 Å². The normalized spacial score (nSPS) is 14.6. The Bertz CT molecular complexity index is 864. The average molecular weight is 276 g/mol. The molecule has 0 aromatic carbocycles. The Morgan fingerprint density at radius 2 is 2.24 bits per heavy atom. The average Bonchev–Trinajstić information content (AvgIpc) is 3.13. The van der Waals surface area contributed by atoms with Crippen molar-refractivity contribution in [3.8, 4) is 11.3 Å². The lowest BCUT2D eigenvalue weighted by Gasteiger charge is -2.07.